The minimum Gasteiger partial charge on any atom is -0.375 e. The Morgan fingerprint density at radius 3 is 3.00 bits per heavy atom. The second-order valence-electron chi connectivity index (χ2n) is 5.27. The summed E-state index contributed by atoms with van der Waals surface area (Å²) in [6.45, 7) is 0.602. The fraction of sp³-hybridized carbons (Fsp3) is 0.571. The molecule has 1 aromatic heterocycles. The fourth-order valence-electron chi connectivity index (χ4n) is 2.93. The van der Waals surface area contributed by atoms with Crippen LogP contribution in [0.25, 0.3) is 0 Å². The molecule has 1 unspecified atom stereocenters. The second kappa shape index (κ2) is 4.43. The quantitative estimate of drug-likeness (QED) is 0.756. The van der Waals surface area contributed by atoms with Gasteiger partial charge in [0.25, 0.3) is 0 Å². The van der Waals surface area contributed by atoms with E-state index >= 15 is 0 Å². The van der Waals surface area contributed by atoms with Gasteiger partial charge < -0.3 is 4.74 Å². The molecule has 3 rings (SSSR count). The molecule has 96 valence electrons. The summed E-state index contributed by atoms with van der Waals surface area (Å²) in [4.78, 5) is 16.2. The Labute approximate surface area is 105 Å². The molecule has 0 bridgehead atoms. The summed E-state index contributed by atoms with van der Waals surface area (Å²) in [6.07, 6.45) is 6.09. The van der Waals surface area contributed by atoms with Crippen LogP contribution in [0.1, 0.15) is 42.6 Å². The van der Waals surface area contributed by atoms with Crippen LogP contribution < -0.4 is 0 Å². The zero-order valence-electron chi connectivity index (χ0n) is 10.2. The topological polar surface area (TPSA) is 39.2 Å². The van der Waals surface area contributed by atoms with Gasteiger partial charge in [-0.2, -0.15) is 0 Å². The lowest BCUT2D eigenvalue weighted by atomic mass is 9.71. The summed E-state index contributed by atoms with van der Waals surface area (Å²) in [6, 6.07) is 2.79. The van der Waals surface area contributed by atoms with Crippen molar-refractivity contribution >= 4 is 5.78 Å². The average Bonchev–Trinajstić information content (AvgIpc) is 2.37. The Morgan fingerprint density at radius 1 is 1.50 bits per heavy atom. The number of Topliss-reactive ketones (excluding diaryl/α,β-unsaturated/α-hetero) is 1. The molecule has 0 amide bonds. The molecule has 0 N–H and O–H groups in total. The van der Waals surface area contributed by atoms with E-state index in [0.29, 0.717) is 13.0 Å². The first kappa shape index (κ1) is 11.8. The standard InChI is InChI=1S/C14H16FNO2/c15-11-3-1-7-16-12(11)13(17)10-4-8-18-14(9-10)5-2-6-14/h1,3,7,10H,2,4-6,8-9H2. The van der Waals surface area contributed by atoms with Gasteiger partial charge in [0.2, 0.25) is 0 Å². The van der Waals surface area contributed by atoms with Crippen molar-refractivity contribution in [3.8, 4) is 0 Å². The van der Waals surface area contributed by atoms with Gasteiger partial charge in [0.05, 0.1) is 5.60 Å². The zero-order chi connectivity index (χ0) is 12.6. The van der Waals surface area contributed by atoms with E-state index < -0.39 is 5.82 Å². The van der Waals surface area contributed by atoms with E-state index in [2.05, 4.69) is 4.98 Å². The molecular formula is C14H16FNO2. The number of carbonyl (C=O) groups is 1. The third-order valence-corrected chi connectivity index (χ3v) is 4.12. The van der Waals surface area contributed by atoms with Gasteiger partial charge in [-0.15, -0.1) is 0 Å². The molecule has 2 heterocycles. The number of hydrogen-bond acceptors (Lipinski definition) is 3. The highest BCUT2D eigenvalue weighted by atomic mass is 19.1. The normalized spacial score (nSPS) is 25.7. The number of pyridine rings is 1. The van der Waals surface area contributed by atoms with E-state index in [1.165, 1.54) is 24.8 Å². The highest BCUT2D eigenvalue weighted by molar-refractivity contribution is 5.96. The van der Waals surface area contributed by atoms with Crippen molar-refractivity contribution in [3.63, 3.8) is 0 Å². The molecule has 1 aromatic rings. The minimum absolute atomic E-state index is 0.0149. The average molecular weight is 249 g/mol. The Balaban J connectivity index is 1.78. The number of rotatable bonds is 2. The van der Waals surface area contributed by atoms with Crippen LogP contribution in [-0.4, -0.2) is 23.0 Å². The van der Waals surface area contributed by atoms with Gasteiger partial charge in [0.15, 0.2) is 11.6 Å². The van der Waals surface area contributed by atoms with Crippen LogP contribution in [0.3, 0.4) is 0 Å². The highest BCUT2D eigenvalue weighted by Crippen LogP contribution is 2.44. The SMILES string of the molecule is O=C(c1ncccc1F)C1CCOC2(CCC2)C1. The number of ketones is 1. The maximum Gasteiger partial charge on any atom is 0.187 e. The number of aromatic nitrogens is 1. The first-order valence-corrected chi connectivity index (χ1v) is 6.49. The molecule has 18 heavy (non-hydrogen) atoms. The maximum absolute atomic E-state index is 13.6. The predicted molar refractivity (Wildman–Crippen MR) is 63.8 cm³/mol. The van der Waals surface area contributed by atoms with E-state index in [9.17, 15) is 9.18 Å². The Morgan fingerprint density at radius 2 is 2.33 bits per heavy atom. The van der Waals surface area contributed by atoms with E-state index in [0.717, 1.165) is 19.3 Å². The highest BCUT2D eigenvalue weighted by Gasteiger charge is 2.44. The van der Waals surface area contributed by atoms with E-state index in [4.69, 9.17) is 4.74 Å². The first-order valence-electron chi connectivity index (χ1n) is 6.49. The number of halogens is 1. The summed E-state index contributed by atoms with van der Waals surface area (Å²) < 4.78 is 19.4. The minimum atomic E-state index is -0.517. The molecule has 1 atom stereocenters. The maximum atomic E-state index is 13.6. The van der Waals surface area contributed by atoms with Crippen molar-refractivity contribution in [2.75, 3.05) is 6.61 Å². The summed E-state index contributed by atoms with van der Waals surface area (Å²) in [5.41, 5.74) is -0.108. The predicted octanol–water partition coefficient (Wildman–Crippen LogP) is 2.75. The zero-order valence-corrected chi connectivity index (χ0v) is 10.2. The summed E-state index contributed by atoms with van der Waals surface area (Å²) in [7, 11) is 0. The number of ether oxygens (including phenoxy) is 1. The third kappa shape index (κ3) is 1.94. The number of nitrogens with zero attached hydrogens (tertiary/aromatic N) is 1. The van der Waals surface area contributed by atoms with E-state index in [-0.39, 0.29) is 23.0 Å². The lowest BCUT2D eigenvalue weighted by Gasteiger charge is -2.46. The molecule has 1 saturated carbocycles. The number of hydrogen-bond donors (Lipinski definition) is 0. The van der Waals surface area contributed by atoms with Gasteiger partial charge in [-0.05, 0) is 44.2 Å². The molecule has 1 aliphatic carbocycles. The van der Waals surface area contributed by atoms with E-state index in [1.54, 1.807) is 0 Å². The molecule has 1 aliphatic heterocycles. The van der Waals surface area contributed by atoms with Crippen molar-refractivity contribution in [1.29, 1.82) is 0 Å². The second-order valence-corrected chi connectivity index (χ2v) is 5.27. The first-order chi connectivity index (χ1) is 8.70. The summed E-state index contributed by atoms with van der Waals surface area (Å²) >= 11 is 0. The fourth-order valence-corrected chi connectivity index (χ4v) is 2.93. The van der Waals surface area contributed by atoms with Crippen molar-refractivity contribution < 1.29 is 13.9 Å². The smallest absolute Gasteiger partial charge is 0.187 e. The van der Waals surface area contributed by atoms with Crippen LogP contribution in [-0.2, 0) is 4.74 Å². The molecule has 2 fully saturated rings. The van der Waals surface area contributed by atoms with Crippen molar-refractivity contribution in [3.05, 3.63) is 29.8 Å². The van der Waals surface area contributed by atoms with Crippen molar-refractivity contribution in [1.82, 2.24) is 4.98 Å². The molecular weight excluding hydrogens is 233 g/mol. The van der Waals surface area contributed by atoms with Crippen LogP contribution in [0.15, 0.2) is 18.3 Å². The Kier molecular flexibility index (Phi) is 2.90. The molecule has 0 aromatic carbocycles. The van der Waals surface area contributed by atoms with Gasteiger partial charge in [0, 0.05) is 18.7 Å². The third-order valence-electron chi connectivity index (χ3n) is 4.12. The van der Waals surface area contributed by atoms with Crippen molar-refractivity contribution in [2.45, 2.75) is 37.7 Å². The molecule has 3 nitrogen and oxygen atoms in total. The van der Waals surface area contributed by atoms with Gasteiger partial charge in [0.1, 0.15) is 5.69 Å². The van der Waals surface area contributed by atoms with Crippen molar-refractivity contribution in [2.24, 2.45) is 5.92 Å². The molecule has 1 spiro atoms. The monoisotopic (exact) mass is 249 g/mol. The summed E-state index contributed by atoms with van der Waals surface area (Å²) in [5.74, 6) is -0.817. The van der Waals surface area contributed by atoms with Crippen LogP contribution in [0.4, 0.5) is 4.39 Å². The lowest BCUT2D eigenvalue weighted by Crippen LogP contribution is -2.47. The molecule has 4 heteroatoms. The van der Waals surface area contributed by atoms with Crippen LogP contribution in [0.5, 0.6) is 0 Å². The summed E-state index contributed by atoms with van der Waals surface area (Å²) in [5, 5.41) is 0. The van der Waals surface area contributed by atoms with Crippen LogP contribution in [0.2, 0.25) is 0 Å². The van der Waals surface area contributed by atoms with Crippen LogP contribution in [0, 0.1) is 11.7 Å². The van der Waals surface area contributed by atoms with Crippen LogP contribution >= 0.6 is 0 Å². The lowest BCUT2D eigenvalue weighted by molar-refractivity contribution is -0.137. The number of carbonyl (C=O) groups excluding carboxylic acids is 1. The van der Waals surface area contributed by atoms with E-state index in [1.807, 2.05) is 0 Å². The molecule has 0 radical (unpaired) electrons. The largest absolute Gasteiger partial charge is 0.375 e. The van der Waals surface area contributed by atoms with Gasteiger partial charge in [-0.25, -0.2) is 4.39 Å². The van der Waals surface area contributed by atoms with Gasteiger partial charge in [-0.3, -0.25) is 9.78 Å². The molecule has 2 aliphatic rings. The van der Waals surface area contributed by atoms with Gasteiger partial charge in [-0.1, -0.05) is 0 Å². The van der Waals surface area contributed by atoms with Gasteiger partial charge >= 0.3 is 0 Å². The Hall–Kier alpha value is -1.29. The Bertz CT molecular complexity index is 471. The molecule has 1 saturated heterocycles.